The van der Waals surface area contributed by atoms with E-state index in [1.165, 1.54) is 12.1 Å². The summed E-state index contributed by atoms with van der Waals surface area (Å²) in [5.41, 5.74) is 1.35. The highest BCUT2D eigenvalue weighted by Crippen LogP contribution is 2.26. The van der Waals surface area contributed by atoms with Gasteiger partial charge in [-0.05, 0) is 41.3 Å². The Balaban J connectivity index is 2.11. The molecule has 23 heavy (non-hydrogen) atoms. The summed E-state index contributed by atoms with van der Waals surface area (Å²) < 4.78 is 34.1. The highest BCUT2D eigenvalue weighted by Gasteiger charge is 2.11. The highest BCUT2D eigenvalue weighted by molar-refractivity contribution is 9.10. The van der Waals surface area contributed by atoms with Crippen LogP contribution in [0.25, 0.3) is 0 Å². The molecule has 0 heterocycles. The first-order chi connectivity index (χ1) is 10.7. The number of halogens is 3. The van der Waals surface area contributed by atoms with Crippen molar-refractivity contribution in [2.45, 2.75) is 27.4 Å². The third kappa shape index (κ3) is 5.59. The first kappa shape index (κ1) is 17.9. The van der Waals surface area contributed by atoms with Gasteiger partial charge in [0.25, 0.3) is 0 Å². The van der Waals surface area contributed by atoms with E-state index in [-0.39, 0.29) is 16.8 Å². The van der Waals surface area contributed by atoms with Crippen LogP contribution in [0.4, 0.5) is 20.2 Å². The van der Waals surface area contributed by atoms with E-state index in [9.17, 15) is 8.78 Å². The number of hydrogen-bond donors (Lipinski definition) is 1. The van der Waals surface area contributed by atoms with Crippen molar-refractivity contribution in [2.24, 2.45) is 5.41 Å². The molecule has 0 radical (unpaired) electrons. The lowest BCUT2D eigenvalue weighted by Gasteiger charge is -2.18. The van der Waals surface area contributed by atoms with Crippen LogP contribution in [0.3, 0.4) is 0 Å². The average molecular weight is 384 g/mol. The molecule has 0 aliphatic carbocycles. The van der Waals surface area contributed by atoms with Crippen molar-refractivity contribution >= 4 is 27.3 Å². The molecule has 0 spiro atoms. The number of hydrogen-bond acceptors (Lipinski definition) is 2. The summed E-state index contributed by atoms with van der Waals surface area (Å²) in [5.74, 6) is -0.889. The maximum absolute atomic E-state index is 13.9. The maximum Gasteiger partial charge on any atom is 0.147 e. The molecule has 0 atom stereocenters. The molecule has 2 rings (SSSR count). The predicted octanol–water partition coefficient (Wildman–Crippen LogP) is 6.03. The minimum Gasteiger partial charge on any atom is -0.376 e. The van der Waals surface area contributed by atoms with Crippen LogP contribution >= 0.6 is 15.9 Å². The zero-order valence-corrected chi connectivity index (χ0v) is 15.0. The Morgan fingerprint density at radius 3 is 2.39 bits per heavy atom. The summed E-state index contributed by atoms with van der Waals surface area (Å²) in [5, 5.41) is 2.79. The molecule has 0 aromatic heterocycles. The van der Waals surface area contributed by atoms with Crippen LogP contribution in [0.15, 0.2) is 40.9 Å². The lowest BCUT2D eigenvalue weighted by Crippen LogP contribution is -2.14. The van der Waals surface area contributed by atoms with E-state index in [2.05, 4.69) is 42.0 Å². The van der Waals surface area contributed by atoms with Crippen LogP contribution in [0, 0.1) is 17.0 Å². The van der Waals surface area contributed by atoms with E-state index in [0.29, 0.717) is 17.7 Å². The summed E-state index contributed by atoms with van der Waals surface area (Å²) >= 11 is 3.19. The molecule has 0 fully saturated rings. The molecule has 1 N–H and O–H groups in total. The van der Waals surface area contributed by atoms with Crippen molar-refractivity contribution in [3.8, 4) is 0 Å². The van der Waals surface area contributed by atoms with Gasteiger partial charge in [-0.3, -0.25) is 0 Å². The Kier molecular flexibility index (Phi) is 5.76. The largest absolute Gasteiger partial charge is 0.376 e. The fourth-order valence-electron chi connectivity index (χ4n) is 1.97. The molecule has 0 saturated heterocycles. The van der Waals surface area contributed by atoms with Crippen LogP contribution in [-0.4, -0.2) is 6.61 Å². The molecule has 124 valence electrons. The van der Waals surface area contributed by atoms with Crippen molar-refractivity contribution in [1.29, 1.82) is 0 Å². The Morgan fingerprint density at radius 1 is 1.00 bits per heavy atom. The quantitative estimate of drug-likeness (QED) is 0.679. The van der Waals surface area contributed by atoms with Gasteiger partial charge in [0.2, 0.25) is 0 Å². The van der Waals surface area contributed by atoms with Gasteiger partial charge in [-0.1, -0.05) is 42.8 Å². The summed E-state index contributed by atoms with van der Waals surface area (Å²) in [6.07, 6.45) is 0. The molecule has 0 saturated carbocycles. The van der Waals surface area contributed by atoms with E-state index in [1.54, 1.807) is 24.3 Å². The van der Waals surface area contributed by atoms with Gasteiger partial charge in [0, 0.05) is 4.47 Å². The molecule has 2 aromatic rings. The van der Waals surface area contributed by atoms with E-state index in [1.807, 2.05) is 0 Å². The van der Waals surface area contributed by atoms with Gasteiger partial charge in [-0.2, -0.15) is 0 Å². The third-order valence-electron chi connectivity index (χ3n) is 3.04. The standard InChI is InChI=1S/C18H20BrF2NO/c1-18(2,3)11-23-10-12-4-6-14(20)17(8-12)22-16-7-5-13(19)9-15(16)21/h4-9,22H,10-11H2,1-3H3. The van der Waals surface area contributed by atoms with Crippen molar-refractivity contribution in [2.75, 3.05) is 11.9 Å². The number of rotatable bonds is 5. The molecule has 0 bridgehead atoms. The lowest BCUT2D eigenvalue weighted by molar-refractivity contribution is 0.0599. The predicted molar refractivity (Wildman–Crippen MR) is 92.9 cm³/mol. The molecule has 2 aromatic carbocycles. The van der Waals surface area contributed by atoms with Crippen molar-refractivity contribution in [1.82, 2.24) is 0 Å². The SMILES string of the molecule is CC(C)(C)COCc1ccc(F)c(Nc2ccc(Br)cc2F)c1. The van der Waals surface area contributed by atoms with E-state index in [0.717, 1.165) is 5.56 Å². The van der Waals surface area contributed by atoms with Crippen LogP contribution in [0.2, 0.25) is 0 Å². The molecular formula is C18H20BrF2NO. The summed E-state index contributed by atoms with van der Waals surface area (Å²) in [7, 11) is 0. The Hall–Kier alpha value is -1.46. The fourth-order valence-corrected chi connectivity index (χ4v) is 2.30. The first-order valence-electron chi connectivity index (χ1n) is 7.33. The number of nitrogens with one attached hydrogen (secondary N) is 1. The van der Waals surface area contributed by atoms with Gasteiger partial charge in [0.05, 0.1) is 24.6 Å². The minimum absolute atomic E-state index is 0.0711. The van der Waals surface area contributed by atoms with Gasteiger partial charge < -0.3 is 10.1 Å². The van der Waals surface area contributed by atoms with E-state index < -0.39 is 11.6 Å². The molecule has 0 unspecified atom stereocenters. The van der Waals surface area contributed by atoms with E-state index in [4.69, 9.17) is 4.74 Å². The fraction of sp³-hybridized carbons (Fsp3) is 0.333. The Labute approximate surface area is 144 Å². The zero-order valence-electron chi connectivity index (χ0n) is 13.4. The molecule has 0 aliphatic heterocycles. The second-order valence-corrected chi connectivity index (χ2v) is 7.53. The van der Waals surface area contributed by atoms with Gasteiger partial charge in [-0.15, -0.1) is 0 Å². The van der Waals surface area contributed by atoms with E-state index >= 15 is 0 Å². The Morgan fingerprint density at radius 2 is 1.74 bits per heavy atom. The lowest BCUT2D eigenvalue weighted by atomic mass is 9.99. The van der Waals surface area contributed by atoms with Gasteiger partial charge in [0.15, 0.2) is 0 Å². The molecule has 0 amide bonds. The topological polar surface area (TPSA) is 21.3 Å². The van der Waals surface area contributed by atoms with Gasteiger partial charge in [0.1, 0.15) is 11.6 Å². The zero-order chi connectivity index (χ0) is 17.0. The minimum atomic E-state index is -0.451. The third-order valence-corrected chi connectivity index (χ3v) is 3.53. The smallest absolute Gasteiger partial charge is 0.147 e. The summed E-state index contributed by atoms with van der Waals surface area (Å²) in [6, 6.07) is 9.24. The maximum atomic E-state index is 13.9. The van der Waals surface area contributed by atoms with Crippen LogP contribution in [0.5, 0.6) is 0 Å². The normalized spacial score (nSPS) is 11.6. The van der Waals surface area contributed by atoms with Crippen molar-refractivity contribution < 1.29 is 13.5 Å². The van der Waals surface area contributed by atoms with Crippen LogP contribution in [0.1, 0.15) is 26.3 Å². The monoisotopic (exact) mass is 383 g/mol. The number of anilines is 2. The number of ether oxygens (including phenoxy) is 1. The molecule has 5 heteroatoms. The van der Waals surface area contributed by atoms with Gasteiger partial charge >= 0.3 is 0 Å². The van der Waals surface area contributed by atoms with Crippen LogP contribution in [-0.2, 0) is 11.3 Å². The average Bonchev–Trinajstić information content (AvgIpc) is 2.44. The highest BCUT2D eigenvalue weighted by atomic mass is 79.9. The Bertz CT molecular complexity index is 683. The second kappa shape index (κ2) is 7.41. The van der Waals surface area contributed by atoms with Crippen molar-refractivity contribution in [3.63, 3.8) is 0 Å². The molecule has 0 aliphatic rings. The van der Waals surface area contributed by atoms with Gasteiger partial charge in [-0.25, -0.2) is 8.78 Å². The molecular weight excluding hydrogens is 364 g/mol. The first-order valence-corrected chi connectivity index (χ1v) is 8.12. The summed E-state index contributed by atoms with van der Waals surface area (Å²) in [6.45, 7) is 7.24. The summed E-state index contributed by atoms with van der Waals surface area (Å²) in [4.78, 5) is 0. The molecule has 2 nitrogen and oxygen atoms in total. The number of benzene rings is 2. The van der Waals surface area contributed by atoms with Crippen LogP contribution < -0.4 is 5.32 Å². The van der Waals surface area contributed by atoms with Crippen molar-refractivity contribution in [3.05, 3.63) is 58.1 Å². The second-order valence-electron chi connectivity index (χ2n) is 6.62.